The minimum Gasteiger partial charge on any atom is -0.378 e. The molecule has 0 aromatic carbocycles. The van der Waals surface area contributed by atoms with Crippen LogP contribution in [0, 0.1) is 0 Å². The van der Waals surface area contributed by atoms with E-state index in [1.165, 1.54) is 12.8 Å². The van der Waals surface area contributed by atoms with Crippen molar-refractivity contribution >= 4 is 5.91 Å². The Balaban J connectivity index is 2.30. The first-order valence-electron chi connectivity index (χ1n) is 6.75. The van der Waals surface area contributed by atoms with Crippen molar-refractivity contribution in [2.75, 3.05) is 13.2 Å². The summed E-state index contributed by atoms with van der Waals surface area (Å²) in [7, 11) is 0. The largest absolute Gasteiger partial charge is 0.378 e. The second kappa shape index (κ2) is 6.97. The van der Waals surface area contributed by atoms with E-state index in [1.54, 1.807) is 0 Å². The first-order valence-corrected chi connectivity index (χ1v) is 6.75. The van der Waals surface area contributed by atoms with Gasteiger partial charge in [-0.15, -0.1) is 0 Å². The van der Waals surface area contributed by atoms with Gasteiger partial charge in [0.05, 0.1) is 11.6 Å². The molecule has 1 rings (SSSR count). The standard InChI is InChI=1S/C13H26N2O2/c1-3-9-15-13(2,12(14)16)8-10-17-11-6-4-5-7-11/h11,15H,3-10H2,1-2H3,(H2,14,16). The van der Waals surface area contributed by atoms with Gasteiger partial charge in [0.2, 0.25) is 5.91 Å². The number of carbonyl (C=O) groups excluding carboxylic acids is 1. The van der Waals surface area contributed by atoms with Gasteiger partial charge in [-0.1, -0.05) is 19.8 Å². The molecule has 0 aromatic heterocycles. The normalized spacial score (nSPS) is 20.4. The van der Waals surface area contributed by atoms with Gasteiger partial charge in [-0.25, -0.2) is 0 Å². The predicted octanol–water partition coefficient (Wildman–Crippen LogP) is 1.58. The minimum atomic E-state index is -0.630. The maximum atomic E-state index is 11.5. The molecular weight excluding hydrogens is 216 g/mol. The van der Waals surface area contributed by atoms with Crippen molar-refractivity contribution in [3.63, 3.8) is 0 Å². The third-order valence-electron chi connectivity index (χ3n) is 3.57. The van der Waals surface area contributed by atoms with E-state index in [9.17, 15) is 4.79 Å². The first-order chi connectivity index (χ1) is 8.08. The molecule has 17 heavy (non-hydrogen) atoms. The van der Waals surface area contributed by atoms with Crippen molar-refractivity contribution in [1.29, 1.82) is 0 Å². The van der Waals surface area contributed by atoms with Crippen LogP contribution < -0.4 is 11.1 Å². The molecule has 3 N–H and O–H groups in total. The quantitative estimate of drug-likeness (QED) is 0.679. The maximum absolute atomic E-state index is 11.5. The van der Waals surface area contributed by atoms with Crippen molar-refractivity contribution in [3.05, 3.63) is 0 Å². The topological polar surface area (TPSA) is 64.3 Å². The van der Waals surface area contributed by atoms with Gasteiger partial charge in [0, 0.05) is 6.61 Å². The SMILES string of the molecule is CCCNC(C)(CCOC1CCCC1)C(N)=O. The Hall–Kier alpha value is -0.610. The fraction of sp³-hybridized carbons (Fsp3) is 0.923. The number of hydrogen-bond donors (Lipinski definition) is 2. The molecule has 4 heteroatoms. The van der Waals surface area contributed by atoms with Crippen LogP contribution in [0.3, 0.4) is 0 Å². The Morgan fingerprint density at radius 3 is 2.65 bits per heavy atom. The van der Waals surface area contributed by atoms with Crippen LogP contribution in [0.2, 0.25) is 0 Å². The highest BCUT2D eigenvalue weighted by Gasteiger charge is 2.30. The highest BCUT2D eigenvalue weighted by molar-refractivity contribution is 5.84. The monoisotopic (exact) mass is 242 g/mol. The molecule has 0 saturated heterocycles. The molecule has 1 aliphatic carbocycles. The van der Waals surface area contributed by atoms with Crippen LogP contribution >= 0.6 is 0 Å². The molecule has 0 radical (unpaired) electrons. The van der Waals surface area contributed by atoms with Gasteiger partial charge in [0.1, 0.15) is 0 Å². The maximum Gasteiger partial charge on any atom is 0.237 e. The minimum absolute atomic E-state index is 0.291. The average Bonchev–Trinajstić information content (AvgIpc) is 2.79. The third-order valence-corrected chi connectivity index (χ3v) is 3.57. The van der Waals surface area contributed by atoms with E-state index in [1.807, 2.05) is 6.92 Å². The summed E-state index contributed by atoms with van der Waals surface area (Å²) in [4.78, 5) is 11.5. The highest BCUT2D eigenvalue weighted by atomic mass is 16.5. The summed E-state index contributed by atoms with van der Waals surface area (Å²) in [6.45, 7) is 5.36. The molecule has 1 atom stereocenters. The summed E-state index contributed by atoms with van der Waals surface area (Å²) in [6.07, 6.45) is 6.91. The van der Waals surface area contributed by atoms with Crippen LogP contribution in [0.4, 0.5) is 0 Å². The highest BCUT2D eigenvalue weighted by Crippen LogP contribution is 2.21. The van der Waals surface area contributed by atoms with Crippen LogP contribution in [0.25, 0.3) is 0 Å². The van der Waals surface area contributed by atoms with Gasteiger partial charge in [0.15, 0.2) is 0 Å². The van der Waals surface area contributed by atoms with Gasteiger partial charge in [0.25, 0.3) is 0 Å². The summed E-state index contributed by atoms with van der Waals surface area (Å²) in [5.74, 6) is -0.291. The zero-order chi connectivity index (χ0) is 12.7. The number of rotatable bonds is 8. The molecule has 0 spiro atoms. The Kier molecular flexibility index (Phi) is 5.92. The predicted molar refractivity (Wildman–Crippen MR) is 68.7 cm³/mol. The zero-order valence-corrected chi connectivity index (χ0v) is 11.1. The van der Waals surface area contributed by atoms with Gasteiger partial charge >= 0.3 is 0 Å². The van der Waals surface area contributed by atoms with E-state index in [0.29, 0.717) is 19.1 Å². The van der Waals surface area contributed by atoms with Crippen LogP contribution in [0.15, 0.2) is 0 Å². The van der Waals surface area contributed by atoms with Crippen molar-refractivity contribution in [1.82, 2.24) is 5.32 Å². The zero-order valence-electron chi connectivity index (χ0n) is 11.1. The molecule has 0 heterocycles. The summed E-state index contributed by atoms with van der Waals surface area (Å²) >= 11 is 0. The van der Waals surface area contributed by atoms with Crippen LogP contribution in [0.1, 0.15) is 52.4 Å². The lowest BCUT2D eigenvalue weighted by atomic mass is 9.97. The van der Waals surface area contributed by atoms with Gasteiger partial charge in [-0.05, 0) is 39.2 Å². The molecule has 1 amide bonds. The van der Waals surface area contributed by atoms with Gasteiger partial charge < -0.3 is 15.8 Å². The van der Waals surface area contributed by atoms with E-state index < -0.39 is 5.54 Å². The molecule has 0 aliphatic heterocycles. The molecule has 1 saturated carbocycles. The number of primary amides is 1. The van der Waals surface area contributed by atoms with E-state index in [2.05, 4.69) is 12.2 Å². The van der Waals surface area contributed by atoms with E-state index in [4.69, 9.17) is 10.5 Å². The fourth-order valence-corrected chi connectivity index (χ4v) is 2.18. The number of nitrogens with one attached hydrogen (secondary N) is 1. The molecule has 0 aromatic rings. The summed E-state index contributed by atoms with van der Waals surface area (Å²) in [5.41, 5.74) is 4.82. The summed E-state index contributed by atoms with van der Waals surface area (Å²) in [6, 6.07) is 0. The van der Waals surface area contributed by atoms with Gasteiger partial charge in [-0.2, -0.15) is 0 Å². The third kappa shape index (κ3) is 4.64. The van der Waals surface area contributed by atoms with Crippen molar-refractivity contribution in [3.8, 4) is 0 Å². The van der Waals surface area contributed by atoms with Crippen molar-refractivity contribution < 1.29 is 9.53 Å². The smallest absolute Gasteiger partial charge is 0.237 e. The van der Waals surface area contributed by atoms with Crippen LogP contribution in [-0.4, -0.2) is 30.7 Å². The number of ether oxygens (including phenoxy) is 1. The van der Waals surface area contributed by atoms with E-state index >= 15 is 0 Å². The average molecular weight is 242 g/mol. The molecular formula is C13H26N2O2. The molecule has 1 fully saturated rings. The Morgan fingerprint density at radius 2 is 2.12 bits per heavy atom. The molecule has 1 aliphatic rings. The number of carbonyl (C=O) groups is 1. The second-order valence-corrected chi connectivity index (χ2v) is 5.15. The number of hydrogen-bond acceptors (Lipinski definition) is 3. The molecule has 100 valence electrons. The van der Waals surface area contributed by atoms with Crippen molar-refractivity contribution in [2.45, 2.75) is 64.0 Å². The second-order valence-electron chi connectivity index (χ2n) is 5.15. The lowest BCUT2D eigenvalue weighted by molar-refractivity contribution is -0.124. The Labute approximate surface area is 104 Å². The van der Waals surface area contributed by atoms with Crippen LogP contribution in [-0.2, 0) is 9.53 Å². The number of amides is 1. The first kappa shape index (κ1) is 14.5. The lowest BCUT2D eigenvalue weighted by Crippen LogP contribution is -2.54. The molecule has 4 nitrogen and oxygen atoms in total. The van der Waals surface area contributed by atoms with Crippen LogP contribution in [0.5, 0.6) is 0 Å². The fourth-order valence-electron chi connectivity index (χ4n) is 2.18. The lowest BCUT2D eigenvalue weighted by Gasteiger charge is -2.28. The summed E-state index contributed by atoms with van der Waals surface area (Å²) < 4.78 is 5.78. The van der Waals surface area contributed by atoms with Crippen molar-refractivity contribution in [2.24, 2.45) is 5.73 Å². The summed E-state index contributed by atoms with van der Waals surface area (Å²) in [5, 5.41) is 3.22. The van der Waals surface area contributed by atoms with E-state index in [-0.39, 0.29) is 5.91 Å². The van der Waals surface area contributed by atoms with Gasteiger partial charge in [-0.3, -0.25) is 4.79 Å². The Bertz CT molecular complexity index is 240. The van der Waals surface area contributed by atoms with E-state index in [0.717, 1.165) is 25.8 Å². The number of nitrogens with two attached hydrogens (primary N) is 1. The molecule has 1 unspecified atom stereocenters. The Morgan fingerprint density at radius 1 is 1.47 bits per heavy atom. The molecule has 0 bridgehead atoms.